The molecule has 0 heterocycles. The van der Waals surface area contributed by atoms with Gasteiger partial charge in [-0.25, -0.2) is 0 Å². The van der Waals surface area contributed by atoms with Gasteiger partial charge in [-0.3, -0.25) is 4.79 Å². The fourth-order valence-electron chi connectivity index (χ4n) is 2.47. The van der Waals surface area contributed by atoms with Gasteiger partial charge >= 0.3 is 0 Å². The Kier molecular flexibility index (Phi) is 3.40. The zero-order chi connectivity index (χ0) is 11.4. The summed E-state index contributed by atoms with van der Waals surface area (Å²) in [4.78, 5) is 11.3. The van der Waals surface area contributed by atoms with E-state index >= 15 is 0 Å². The topological polar surface area (TPSA) is 29.1 Å². The lowest BCUT2D eigenvalue weighted by Crippen LogP contribution is -2.35. The number of benzene rings is 1. The van der Waals surface area contributed by atoms with Crippen molar-refractivity contribution in [1.29, 1.82) is 0 Å². The van der Waals surface area contributed by atoms with Crippen molar-refractivity contribution in [2.45, 2.75) is 31.2 Å². The molecule has 84 valence electrons. The lowest BCUT2D eigenvalue weighted by molar-refractivity contribution is -0.117. The fraction of sp³-hybridized carbons (Fsp3) is 0.357. The summed E-state index contributed by atoms with van der Waals surface area (Å²) >= 11 is 0. The minimum absolute atomic E-state index is 0.0622. The molecule has 1 aromatic carbocycles. The molecule has 1 amide bonds. The summed E-state index contributed by atoms with van der Waals surface area (Å²) in [6, 6.07) is 10.7. The number of carbonyl (C=O) groups excluding carboxylic acids is 1. The van der Waals surface area contributed by atoms with Crippen molar-refractivity contribution in [3.63, 3.8) is 0 Å². The van der Waals surface area contributed by atoms with Crippen LogP contribution in [-0.4, -0.2) is 11.9 Å². The molecular formula is C14H17NO. The van der Waals surface area contributed by atoms with Gasteiger partial charge in [0.1, 0.15) is 0 Å². The monoisotopic (exact) mass is 215 g/mol. The Balaban J connectivity index is 2.09. The van der Waals surface area contributed by atoms with Gasteiger partial charge in [0.25, 0.3) is 0 Å². The second kappa shape index (κ2) is 4.97. The minimum atomic E-state index is -0.0622. The molecule has 1 aliphatic carbocycles. The van der Waals surface area contributed by atoms with E-state index in [1.165, 1.54) is 18.1 Å². The van der Waals surface area contributed by atoms with Crippen LogP contribution in [0.3, 0.4) is 0 Å². The molecule has 0 saturated heterocycles. The number of amides is 1. The normalized spacial score (nSPS) is 24.0. The second-order valence-electron chi connectivity index (χ2n) is 4.27. The van der Waals surface area contributed by atoms with E-state index < -0.39 is 0 Å². The number of rotatable bonds is 3. The molecule has 16 heavy (non-hydrogen) atoms. The van der Waals surface area contributed by atoms with Gasteiger partial charge in [0.15, 0.2) is 0 Å². The third kappa shape index (κ3) is 2.32. The average molecular weight is 215 g/mol. The van der Waals surface area contributed by atoms with E-state index in [4.69, 9.17) is 0 Å². The Bertz CT molecular complexity index is 372. The zero-order valence-corrected chi connectivity index (χ0v) is 9.36. The van der Waals surface area contributed by atoms with Crippen molar-refractivity contribution in [2.75, 3.05) is 0 Å². The Morgan fingerprint density at radius 1 is 1.31 bits per heavy atom. The van der Waals surface area contributed by atoms with Gasteiger partial charge in [-0.1, -0.05) is 43.3 Å². The van der Waals surface area contributed by atoms with Crippen LogP contribution in [0.15, 0.2) is 43.0 Å². The van der Waals surface area contributed by atoms with Crippen LogP contribution in [0.1, 0.15) is 30.7 Å². The van der Waals surface area contributed by atoms with Gasteiger partial charge in [0.2, 0.25) is 5.91 Å². The highest BCUT2D eigenvalue weighted by Gasteiger charge is 2.28. The highest BCUT2D eigenvalue weighted by Crippen LogP contribution is 2.34. The Morgan fingerprint density at radius 3 is 2.75 bits per heavy atom. The molecule has 0 bridgehead atoms. The predicted octanol–water partition coefficient (Wildman–Crippen LogP) is 2.62. The first-order chi connectivity index (χ1) is 7.81. The molecule has 2 nitrogen and oxygen atoms in total. The van der Waals surface area contributed by atoms with Gasteiger partial charge in [0.05, 0.1) is 0 Å². The molecule has 0 radical (unpaired) electrons. The first kappa shape index (κ1) is 10.9. The molecule has 2 rings (SSSR count). The maximum atomic E-state index is 11.3. The minimum Gasteiger partial charge on any atom is -0.349 e. The smallest absolute Gasteiger partial charge is 0.243 e. The molecule has 2 atom stereocenters. The lowest BCUT2D eigenvalue weighted by atomic mass is 9.94. The third-order valence-electron chi connectivity index (χ3n) is 3.26. The summed E-state index contributed by atoms with van der Waals surface area (Å²) in [5.41, 5.74) is 1.33. The van der Waals surface area contributed by atoms with Crippen LogP contribution in [0.2, 0.25) is 0 Å². The number of hydrogen-bond donors (Lipinski definition) is 1. The molecule has 1 aromatic rings. The number of hydrogen-bond acceptors (Lipinski definition) is 1. The van der Waals surface area contributed by atoms with Gasteiger partial charge in [0, 0.05) is 12.0 Å². The number of carbonyl (C=O) groups is 1. The van der Waals surface area contributed by atoms with Crippen LogP contribution in [0.25, 0.3) is 0 Å². The van der Waals surface area contributed by atoms with Crippen molar-refractivity contribution >= 4 is 5.91 Å². The van der Waals surface area contributed by atoms with Crippen LogP contribution >= 0.6 is 0 Å². The summed E-state index contributed by atoms with van der Waals surface area (Å²) in [6.45, 7) is 3.49. The first-order valence-electron chi connectivity index (χ1n) is 5.79. The molecule has 1 saturated carbocycles. The van der Waals surface area contributed by atoms with Crippen molar-refractivity contribution < 1.29 is 4.79 Å². The number of nitrogens with one attached hydrogen (secondary N) is 1. The van der Waals surface area contributed by atoms with Gasteiger partial charge in [-0.05, 0) is 24.5 Å². The Morgan fingerprint density at radius 2 is 2.06 bits per heavy atom. The summed E-state index contributed by atoms with van der Waals surface area (Å²) < 4.78 is 0. The largest absolute Gasteiger partial charge is 0.349 e. The highest BCUT2D eigenvalue weighted by atomic mass is 16.1. The predicted molar refractivity (Wildman–Crippen MR) is 65.2 cm³/mol. The SMILES string of the molecule is C=CC(=O)N[C@@H]1CCC[C@@H]1c1ccccc1. The zero-order valence-electron chi connectivity index (χ0n) is 9.36. The highest BCUT2D eigenvalue weighted by molar-refractivity contribution is 5.87. The van der Waals surface area contributed by atoms with Crippen LogP contribution in [-0.2, 0) is 4.79 Å². The molecule has 0 unspecified atom stereocenters. The van der Waals surface area contributed by atoms with Crippen molar-refractivity contribution in [2.24, 2.45) is 0 Å². The van der Waals surface area contributed by atoms with Crippen LogP contribution < -0.4 is 5.32 Å². The van der Waals surface area contributed by atoms with E-state index in [0.29, 0.717) is 5.92 Å². The summed E-state index contributed by atoms with van der Waals surface area (Å²) in [7, 11) is 0. The Labute approximate surface area is 96.4 Å². The lowest BCUT2D eigenvalue weighted by Gasteiger charge is -2.20. The van der Waals surface area contributed by atoms with Crippen molar-refractivity contribution in [3.8, 4) is 0 Å². The standard InChI is InChI=1S/C14H17NO/c1-2-14(16)15-13-10-6-9-12(13)11-7-4-3-5-8-11/h2-5,7-8,12-13H,1,6,9-10H2,(H,15,16)/t12-,13-/m1/s1. The molecule has 1 fully saturated rings. The average Bonchev–Trinajstić information content (AvgIpc) is 2.78. The van der Waals surface area contributed by atoms with E-state index in [-0.39, 0.29) is 11.9 Å². The first-order valence-corrected chi connectivity index (χ1v) is 5.79. The van der Waals surface area contributed by atoms with Gasteiger partial charge < -0.3 is 5.32 Å². The van der Waals surface area contributed by atoms with Gasteiger partial charge in [-0.2, -0.15) is 0 Å². The van der Waals surface area contributed by atoms with E-state index in [2.05, 4.69) is 36.2 Å². The molecule has 0 aliphatic heterocycles. The van der Waals surface area contributed by atoms with Crippen LogP contribution in [0.5, 0.6) is 0 Å². The van der Waals surface area contributed by atoms with Crippen molar-refractivity contribution in [1.82, 2.24) is 5.32 Å². The summed E-state index contributed by atoms with van der Waals surface area (Å²) in [5.74, 6) is 0.401. The van der Waals surface area contributed by atoms with E-state index in [1.807, 2.05) is 6.07 Å². The Hall–Kier alpha value is -1.57. The van der Waals surface area contributed by atoms with E-state index in [9.17, 15) is 4.79 Å². The summed E-state index contributed by atoms with van der Waals surface area (Å²) in [6.07, 6.45) is 4.76. The maximum absolute atomic E-state index is 11.3. The van der Waals surface area contributed by atoms with Gasteiger partial charge in [-0.15, -0.1) is 0 Å². The molecule has 1 aliphatic rings. The third-order valence-corrected chi connectivity index (χ3v) is 3.26. The van der Waals surface area contributed by atoms with Crippen LogP contribution in [0.4, 0.5) is 0 Å². The quantitative estimate of drug-likeness (QED) is 0.772. The molecule has 2 heteroatoms. The second-order valence-corrected chi connectivity index (χ2v) is 4.27. The molecule has 1 N–H and O–H groups in total. The summed E-state index contributed by atoms with van der Waals surface area (Å²) in [5, 5.41) is 3.02. The van der Waals surface area contributed by atoms with Crippen molar-refractivity contribution in [3.05, 3.63) is 48.6 Å². The van der Waals surface area contributed by atoms with E-state index in [1.54, 1.807) is 0 Å². The molecular weight excluding hydrogens is 198 g/mol. The molecule has 0 spiro atoms. The molecule has 0 aromatic heterocycles. The van der Waals surface area contributed by atoms with E-state index in [0.717, 1.165) is 12.8 Å². The fourth-order valence-corrected chi connectivity index (χ4v) is 2.47. The van der Waals surface area contributed by atoms with Crippen LogP contribution in [0, 0.1) is 0 Å². The maximum Gasteiger partial charge on any atom is 0.243 e.